The van der Waals surface area contributed by atoms with E-state index in [1.54, 1.807) is 0 Å². The molecule has 0 aromatic rings. The van der Waals surface area contributed by atoms with Gasteiger partial charge in [-0.3, -0.25) is 0 Å². The fourth-order valence-electron chi connectivity index (χ4n) is 6.29. The summed E-state index contributed by atoms with van der Waals surface area (Å²) in [6.07, 6.45) is 14.1. The smallest absolute Gasteiger partial charge is 0.340 e. The summed E-state index contributed by atoms with van der Waals surface area (Å²) < 4.78 is 11.6. The molecule has 2 aliphatic heterocycles. The Morgan fingerprint density at radius 1 is 1.07 bits per heavy atom. The van der Waals surface area contributed by atoms with Crippen LogP contribution in [-0.4, -0.2) is 11.9 Å². The van der Waals surface area contributed by atoms with Gasteiger partial charge in [-0.25, -0.2) is 9.59 Å². The summed E-state index contributed by atoms with van der Waals surface area (Å²) >= 11 is 0. The first-order valence-electron chi connectivity index (χ1n) is 10.9. The van der Waals surface area contributed by atoms with Crippen molar-refractivity contribution in [2.24, 2.45) is 23.2 Å². The van der Waals surface area contributed by atoms with Crippen LogP contribution in [0, 0.1) is 23.2 Å². The summed E-state index contributed by atoms with van der Waals surface area (Å²) in [7, 11) is 0. The zero-order valence-corrected chi connectivity index (χ0v) is 16.8. The SMILES string of the molecule is CCCC=C1OC(=O)C2=C1CC[C@@H]1[C@@H]3C=C4C(=O)OC(=CCCC)[C@]4(CC3)[C@H]21. The number of esters is 2. The van der Waals surface area contributed by atoms with E-state index in [-0.39, 0.29) is 17.9 Å². The normalized spacial score (nSPS) is 38.4. The fraction of sp³-hybridized carbons (Fsp3) is 0.583. The summed E-state index contributed by atoms with van der Waals surface area (Å²) in [5.74, 6) is 1.96. The van der Waals surface area contributed by atoms with Crippen LogP contribution in [0.2, 0.25) is 0 Å². The molecule has 0 aromatic heterocycles. The lowest BCUT2D eigenvalue weighted by atomic mass is 9.47. The number of rotatable bonds is 4. The third-order valence-electron chi connectivity index (χ3n) is 7.43. The second kappa shape index (κ2) is 6.47. The van der Waals surface area contributed by atoms with Crippen LogP contribution in [0.4, 0.5) is 0 Å². The van der Waals surface area contributed by atoms with Crippen molar-refractivity contribution in [1.29, 1.82) is 0 Å². The highest BCUT2D eigenvalue weighted by molar-refractivity contribution is 5.99. The van der Waals surface area contributed by atoms with Crippen LogP contribution in [-0.2, 0) is 19.1 Å². The van der Waals surface area contributed by atoms with Crippen molar-refractivity contribution in [3.8, 4) is 0 Å². The molecular formula is C24H28O4. The molecule has 6 rings (SSSR count). The average molecular weight is 380 g/mol. The summed E-state index contributed by atoms with van der Waals surface area (Å²) in [4.78, 5) is 25.8. The molecule has 28 heavy (non-hydrogen) atoms. The van der Waals surface area contributed by atoms with Crippen molar-refractivity contribution in [2.75, 3.05) is 0 Å². The Hall–Kier alpha value is -2.10. The minimum Gasteiger partial charge on any atom is -0.427 e. The van der Waals surface area contributed by atoms with Crippen molar-refractivity contribution in [3.63, 3.8) is 0 Å². The molecule has 1 saturated heterocycles. The number of fused-ring (bicyclic) bond motifs is 1. The molecule has 6 aliphatic rings. The van der Waals surface area contributed by atoms with Gasteiger partial charge in [-0.05, 0) is 62.5 Å². The number of hydrogen-bond donors (Lipinski definition) is 0. The second-order valence-electron chi connectivity index (χ2n) is 8.82. The molecule has 0 unspecified atom stereocenters. The third-order valence-corrected chi connectivity index (χ3v) is 7.43. The van der Waals surface area contributed by atoms with E-state index in [0.717, 1.165) is 79.6 Å². The lowest BCUT2D eigenvalue weighted by molar-refractivity contribution is -0.135. The van der Waals surface area contributed by atoms with Crippen molar-refractivity contribution in [1.82, 2.24) is 0 Å². The molecule has 2 heterocycles. The van der Waals surface area contributed by atoms with E-state index in [9.17, 15) is 9.59 Å². The summed E-state index contributed by atoms with van der Waals surface area (Å²) in [6.45, 7) is 4.26. The van der Waals surface area contributed by atoms with Crippen LogP contribution < -0.4 is 0 Å². The molecule has 4 aliphatic carbocycles. The molecular weight excluding hydrogens is 352 g/mol. The zero-order valence-electron chi connectivity index (χ0n) is 16.8. The zero-order chi connectivity index (χ0) is 19.5. The Labute approximate surface area is 166 Å². The number of cyclic esters (lactones) is 2. The van der Waals surface area contributed by atoms with Crippen molar-refractivity contribution < 1.29 is 19.1 Å². The highest BCUT2D eigenvalue weighted by atomic mass is 16.5. The Bertz CT molecular complexity index is 871. The average Bonchev–Trinajstić information content (AvgIpc) is 3.19. The largest absolute Gasteiger partial charge is 0.427 e. The maximum absolute atomic E-state index is 13.0. The van der Waals surface area contributed by atoms with Crippen LogP contribution in [0.5, 0.6) is 0 Å². The van der Waals surface area contributed by atoms with Gasteiger partial charge in [-0.1, -0.05) is 32.8 Å². The third kappa shape index (κ3) is 2.23. The first-order chi connectivity index (χ1) is 13.6. The molecule has 4 nitrogen and oxygen atoms in total. The summed E-state index contributed by atoms with van der Waals surface area (Å²) in [5, 5.41) is 0. The van der Waals surface area contributed by atoms with Crippen molar-refractivity contribution >= 4 is 11.9 Å². The van der Waals surface area contributed by atoms with Crippen molar-refractivity contribution in [2.45, 2.75) is 65.2 Å². The Morgan fingerprint density at radius 2 is 1.86 bits per heavy atom. The topological polar surface area (TPSA) is 52.6 Å². The number of carbonyl (C=O) groups is 2. The maximum Gasteiger partial charge on any atom is 0.340 e. The van der Waals surface area contributed by atoms with Gasteiger partial charge < -0.3 is 9.47 Å². The highest BCUT2D eigenvalue weighted by Gasteiger charge is 2.66. The molecule has 2 fully saturated rings. The van der Waals surface area contributed by atoms with Crippen LogP contribution in [0.1, 0.15) is 65.2 Å². The summed E-state index contributed by atoms with van der Waals surface area (Å²) in [5.41, 5.74) is 2.29. The quantitative estimate of drug-likeness (QED) is 0.635. The van der Waals surface area contributed by atoms with Gasteiger partial charge in [0.2, 0.25) is 0 Å². The first kappa shape index (κ1) is 18.0. The van der Waals surface area contributed by atoms with Gasteiger partial charge in [0, 0.05) is 22.6 Å². The standard InChI is InChI=1S/C24H28O4/c1-3-5-7-18-16-10-9-15-14-11-12-24(21(15)20(16)23(26)27-18)17(13-14)22(25)28-19(24)8-6-4-2/h7-8,13-15,21H,3-6,9-12H2,1-2H3/t14-,15+,21-,24+/m0/s1. The maximum atomic E-state index is 13.0. The molecule has 0 radical (unpaired) electrons. The monoisotopic (exact) mass is 380 g/mol. The number of hydrogen-bond acceptors (Lipinski definition) is 4. The van der Waals surface area contributed by atoms with E-state index in [1.165, 1.54) is 0 Å². The number of unbranched alkanes of at least 4 members (excludes halogenated alkanes) is 2. The van der Waals surface area contributed by atoms with E-state index in [4.69, 9.17) is 9.47 Å². The molecule has 0 aromatic carbocycles. The fourth-order valence-corrected chi connectivity index (χ4v) is 6.29. The van der Waals surface area contributed by atoms with Gasteiger partial charge >= 0.3 is 11.9 Å². The molecule has 0 amide bonds. The predicted octanol–water partition coefficient (Wildman–Crippen LogP) is 5.13. The van der Waals surface area contributed by atoms with E-state index in [2.05, 4.69) is 32.1 Å². The molecule has 1 spiro atoms. The Kier molecular flexibility index (Phi) is 4.15. The second-order valence-corrected chi connectivity index (χ2v) is 8.82. The van der Waals surface area contributed by atoms with Crippen LogP contribution in [0.3, 0.4) is 0 Å². The van der Waals surface area contributed by atoms with Crippen LogP contribution in [0.15, 0.2) is 46.5 Å². The van der Waals surface area contributed by atoms with E-state index in [0.29, 0.717) is 11.8 Å². The molecule has 4 heteroatoms. The van der Waals surface area contributed by atoms with Gasteiger partial charge in [0.25, 0.3) is 0 Å². The van der Waals surface area contributed by atoms with Gasteiger partial charge in [0.05, 0.1) is 5.41 Å². The molecule has 0 N–H and O–H groups in total. The Balaban J connectivity index is 1.68. The van der Waals surface area contributed by atoms with Crippen LogP contribution in [0.25, 0.3) is 0 Å². The lowest BCUT2D eigenvalue weighted by Crippen LogP contribution is -2.50. The van der Waals surface area contributed by atoms with E-state index < -0.39 is 5.41 Å². The highest BCUT2D eigenvalue weighted by Crippen LogP contribution is 2.68. The molecule has 2 bridgehead atoms. The number of carbonyl (C=O) groups excluding carboxylic acids is 2. The van der Waals surface area contributed by atoms with Gasteiger partial charge in [0.1, 0.15) is 11.5 Å². The minimum atomic E-state index is -0.452. The van der Waals surface area contributed by atoms with Gasteiger partial charge in [0.15, 0.2) is 0 Å². The molecule has 4 atom stereocenters. The van der Waals surface area contributed by atoms with Crippen LogP contribution >= 0.6 is 0 Å². The number of allylic oxidation sites excluding steroid dienone is 5. The van der Waals surface area contributed by atoms with E-state index in [1.807, 2.05) is 0 Å². The van der Waals surface area contributed by atoms with Gasteiger partial charge in [-0.2, -0.15) is 0 Å². The first-order valence-corrected chi connectivity index (χ1v) is 10.9. The summed E-state index contributed by atoms with van der Waals surface area (Å²) in [6, 6.07) is 0. The predicted molar refractivity (Wildman–Crippen MR) is 105 cm³/mol. The van der Waals surface area contributed by atoms with Gasteiger partial charge in [-0.15, -0.1) is 0 Å². The minimum absolute atomic E-state index is 0.0181. The van der Waals surface area contributed by atoms with E-state index >= 15 is 0 Å². The molecule has 148 valence electrons. The van der Waals surface area contributed by atoms with Crippen molar-refractivity contribution in [3.05, 3.63) is 46.5 Å². The molecule has 1 saturated carbocycles. The Morgan fingerprint density at radius 3 is 2.64 bits per heavy atom. The lowest BCUT2D eigenvalue weighted by Gasteiger charge is -2.54. The number of ether oxygens (including phenoxy) is 2.